The first kappa shape index (κ1) is 17.1. The van der Waals surface area contributed by atoms with E-state index in [2.05, 4.69) is 0 Å². The van der Waals surface area contributed by atoms with Gasteiger partial charge in [-0.1, -0.05) is 23.8 Å². The molecule has 0 radical (unpaired) electrons. The summed E-state index contributed by atoms with van der Waals surface area (Å²) in [5.74, 6) is -0.870. The van der Waals surface area contributed by atoms with E-state index >= 15 is 0 Å². The Bertz CT molecular complexity index is 817. The van der Waals surface area contributed by atoms with Crippen molar-refractivity contribution in [2.45, 2.75) is 26.8 Å². The summed E-state index contributed by atoms with van der Waals surface area (Å²) in [7, 11) is 0. The monoisotopic (exact) mass is 340 g/mol. The molecular formula is C20H21FN2O2. The summed E-state index contributed by atoms with van der Waals surface area (Å²) in [5, 5.41) is 0. The number of benzene rings is 2. The quantitative estimate of drug-likeness (QED) is 0.841. The Hall–Kier alpha value is -2.69. The predicted molar refractivity (Wildman–Crippen MR) is 95.2 cm³/mol. The van der Waals surface area contributed by atoms with Crippen LogP contribution in [0.5, 0.6) is 0 Å². The molecule has 0 spiro atoms. The molecule has 25 heavy (non-hydrogen) atoms. The van der Waals surface area contributed by atoms with E-state index in [4.69, 9.17) is 0 Å². The van der Waals surface area contributed by atoms with E-state index in [1.54, 1.807) is 36.1 Å². The van der Waals surface area contributed by atoms with Crippen molar-refractivity contribution in [1.82, 2.24) is 4.90 Å². The standard InChI is InChI=1S/C20H21FN2O2/c1-13-4-7-16(8-5-13)20(25)22-10-11-23(19(24)15(22)3)18-12-14(2)6-9-17(18)21/h4-9,12,15H,10-11H2,1-3H3. The van der Waals surface area contributed by atoms with Crippen molar-refractivity contribution in [2.75, 3.05) is 18.0 Å². The number of hydrogen-bond donors (Lipinski definition) is 0. The van der Waals surface area contributed by atoms with Crippen molar-refractivity contribution >= 4 is 17.5 Å². The molecule has 5 heteroatoms. The summed E-state index contributed by atoms with van der Waals surface area (Å²) < 4.78 is 14.1. The van der Waals surface area contributed by atoms with E-state index in [0.717, 1.165) is 11.1 Å². The van der Waals surface area contributed by atoms with Crippen LogP contribution in [0.25, 0.3) is 0 Å². The lowest BCUT2D eigenvalue weighted by Gasteiger charge is -2.39. The van der Waals surface area contributed by atoms with Crippen molar-refractivity contribution < 1.29 is 14.0 Å². The maximum atomic E-state index is 14.1. The minimum absolute atomic E-state index is 0.176. The molecule has 1 heterocycles. The van der Waals surface area contributed by atoms with E-state index in [0.29, 0.717) is 12.1 Å². The van der Waals surface area contributed by atoms with Gasteiger partial charge < -0.3 is 9.80 Å². The normalized spacial score (nSPS) is 17.8. The van der Waals surface area contributed by atoms with Crippen molar-refractivity contribution in [3.05, 3.63) is 65.0 Å². The molecule has 130 valence electrons. The number of aryl methyl sites for hydroxylation is 2. The second-order valence-electron chi connectivity index (χ2n) is 6.49. The van der Waals surface area contributed by atoms with Crippen LogP contribution in [0, 0.1) is 19.7 Å². The Morgan fingerprint density at radius 2 is 1.68 bits per heavy atom. The van der Waals surface area contributed by atoms with E-state index in [1.807, 2.05) is 26.0 Å². The van der Waals surface area contributed by atoms with Crippen molar-refractivity contribution in [3.8, 4) is 0 Å². The smallest absolute Gasteiger partial charge is 0.254 e. The maximum Gasteiger partial charge on any atom is 0.254 e. The summed E-state index contributed by atoms with van der Waals surface area (Å²) >= 11 is 0. The number of halogens is 1. The van der Waals surface area contributed by atoms with Gasteiger partial charge in [0.2, 0.25) is 5.91 Å². The SMILES string of the molecule is Cc1ccc(C(=O)N2CCN(c3cc(C)ccc3F)C(=O)C2C)cc1. The number of rotatable bonds is 2. The van der Waals surface area contributed by atoms with Gasteiger partial charge in [-0.05, 0) is 50.6 Å². The summed E-state index contributed by atoms with van der Waals surface area (Å²) in [4.78, 5) is 28.5. The van der Waals surface area contributed by atoms with Crippen LogP contribution in [0.3, 0.4) is 0 Å². The van der Waals surface area contributed by atoms with Crippen LogP contribution >= 0.6 is 0 Å². The van der Waals surface area contributed by atoms with Gasteiger partial charge in [0.15, 0.2) is 0 Å². The number of carbonyl (C=O) groups excluding carboxylic acids is 2. The Balaban J connectivity index is 1.83. The largest absolute Gasteiger partial charge is 0.325 e. The molecule has 0 saturated carbocycles. The molecule has 2 amide bonds. The van der Waals surface area contributed by atoms with E-state index < -0.39 is 11.9 Å². The highest BCUT2D eigenvalue weighted by molar-refractivity contribution is 6.03. The van der Waals surface area contributed by atoms with Crippen LogP contribution in [0.1, 0.15) is 28.4 Å². The fraction of sp³-hybridized carbons (Fsp3) is 0.300. The second-order valence-corrected chi connectivity index (χ2v) is 6.49. The topological polar surface area (TPSA) is 40.6 Å². The van der Waals surface area contributed by atoms with Crippen LogP contribution in [-0.2, 0) is 4.79 Å². The molecule has 2 aromatic rings. The lowest BCUT2D eigenvalue weighted by molar-refractivity contribution is -0.124. The van der Waals surface area contributed by atoms with Gasteiger partial charge in [0.25, 0.3) is 5.91 Å². The molecular weight excluding hydrogens is 319 g/mol. The molecule has 1 saturated heterocycles. The molecule has 1 unspecified atom stereocenters. The minimum atomic E-state index is -0.637. The van der Waals surface area contributed by atoms with Crippen LogP contribution in [0.2, 0.25) is 0 Å². The Morgan fingerprint density at radius 3 is 2.36 bits per heavy atom. The second kappa shape index (κ2) is 6.67. The third-order valence-corrected chi connectivity index (χ3v) is 4.61. The molecule has 0 bridgehead atoms. The van der Waals surface area contributed by atoms with E-state index in [9.17, 15) is 14.0 Å². The molecule has 1 fully saturated rings. The van der Waals surface area contributed by atoms with Crippen molar-refractivity contribution in [1.29, 1.82) is 0 Å². The van der Waals surface area contributed by atoms with Gasteiger partial charge >= 0.3 is 0 Å². The third-order valence-electron chi connectivity index (χ3n) is 4.61. The first-order valence-electron chi connectivity index (χ1n) is 8.33. The highest BCUT2D eigenvalue weighted by atomic mass is 19.1. The van der Waals surface area contributed by atoms with Crippen LogP contribution < -0.4 is 4.90 Å². The maximum absolute atomic E-state index is 14.1. The van der Waals surface area contributed by atoms with Crippen LogP contribution in [0.15, 0.2) is 42.5 Å². The highest BCUT2D eigenvalue weighted by Crippen LogP contribution is 2.25. The number of anilines is 1. The van der Waals surface area contributed by atoms with Gasteiger partial charge in [-0.25, -0.2) is 4.39 Å². The lowest BCUT2D eigenvalue weighted by Crippen LogP contribution is -2.58. The van der Waals surface area contributed by atoms with Crippen LogP contribution in [0.4, 0.5) is 10.1 Å². The number of amides is 2. The fourth-order valence-electron chi connectivity index (χ4n) is 3.08. The first-order valence-corrected chi connectivity index (χ1v) is 8.33. The molecule has 3 rings (SSSR count). The Labute approximate surface area is 146 Å². The highest BCUT2D eigenvalue weighted by Gasteiger charge is 2.36. The minimum Gasteiger partial charge on any atom is -0.325 e. The van der Waals surface area contributed by atoms with Gasteiger partial charge in [0.05, 0.1) is 5.69 Å². The molecule has 1 atom stereocenters. The summed E-state index contributed by atoms with van der Waals surface area (Å²) in [6.07, 6.45) is 0. The molecule has 1 aliphatic heterocycles. The number of carbonyl (C=O) groups is 2. The number of hydrogen-bond acceptors (Lipinski definition) is 2. The fourth-order valence-corrected chi connectivity index (χ4v) is 3.08. The van der Waals surface area contributed by atoms with E-state index in [1.165, 1.54) is 11.0 Å². The van der Waals surface area contributed by atoms with Gasteiger partial charge in [0, 0.05) is 18.7 Å². The zero-order valence-electron chi connectivity index (χ0n) is 14.6. The third kappa shape index (κ3) is 3.27. The average molecular weight is 340 g/mol. The lowest BCUT2D eigenvalue weighted by atomic mass is 10.1. The van der Waals surface area contributed by atoms with Gasteiger partial charge in [-0.3, -0.25) is 9.59 Å². The molecule has 4 nitrogen and oxygen atoms in total. The number of nitrogens with zero attached hydrogens (tertiary/aromatic N) is 2. The predicted octanol–water partition coefficient (Wildman–Crippen LogP) is 3.32. The van der Waals surface area contributed by atoms with E-state index in [-0.39, 0.29) is 24.0 Å². The van der Waals surface area contributed by atoms with Gasteiger partial charge in [-0.15, -0.1) is 0 Å². The molecule has 0 aromatic heterocycles. The van der Waals surface area contributed by atoms with Crippen LogP contribution in [-0.4, -0.2) is 35.8 Å². The molecule has 1 aliphatic rings. The van der Waals surface area contributed by atoms with Crippen molar-refractivity contribution in [3.63, 3.8) is 0 Å². The zero-order valence-corrected chi connectivity index (χ0v) is 14.6. The summed E-state index contributed by atoms with van der Waals surface area (Å²) in [6, 6.07) is 11.3. The summed E-state index contributed by atoms with van der Waals surface area (Å²) in [5.41, 5.74) is 2.79. The van der Waals surface area contributed by atoms with Crippen molar-refractivity contribution in [2.24, 2.45) is 0 Å². The van der Waals surface area contributed by atoms with Gasteiger partial charge in [0.1, 0.15) is 11.9 Å². The number of piperazine rings is 1. The molecule has 0 aliphatic carbocycles. The Kier molecular flexibility index (Phi) is 4.57. The average Bonchev–Trinajstić information content (AvgIpc) is 2.60. The molecule has 0 N–H and O–H groups in total. The summed E-state index contributed by atoms with van der Waals surface area (Å²) in [6.45, 7) is 6.14. The molecule has 2 aromatic carbocycles. The Morgan fingerprint density at radius 1 is 1.04 bits per heavy atom. The van der Waals surface area contributed by atoms with Gasteiger partial charge in [-0.2, -0.15) is 0 Å². The zero-order chi connectivity index (χ0) is 18.1. The first-order chi connectivity index (χ1) is 11.9.